The van der Waals surface area contributed by atoms with Crippen molar-refractivity contribution in [2.75, 3.05) is 26.0 Å². The summed E-state index contributed by atoms with van der Waals surface area (Å²) in [6.07, 6.45) is 0. The minimum Gasteiger partial charge on any atom is -0.377 e. The van der Waals surface area contributed by atoms with E-state index in [0.29, 0.717) is 0 Å². The number of rotatable bonds is 3. The normalized spacial score (nSPS) is 10.2. The molecule has 0 saturated heterocycles. The van der Waals surface area contributed by atoms with E-state index in [2.05, 4.69) is 10.2 Å². The summed E-state index contributed by atoms with van der Waals surface area (Å²) in [5.41, 5.74) is 2.43. The molecule has 0 aliphatic heterocycles. The SMILES string of the molecule is CNCc1cc(Cl)ccc1N(C)C. The van der Waals surface area contributed by atoms with Gasteiger partial charge in [-0.15, -0.1) is 0 Å². The molecule has 1 aromatic rings. The van der Waals surface area contributed by atoms with Crippen molar-refractivity contribution in [2.24, 2.45) is 0 Å². The van der Waals surface area contributed by atoms with E-state index in [1.165, 1.54) is 11.3 Å². The Kier molecular flexibility index (Phi) is 3.58. The van der Waals surface area contributed by atoms with Gasteiger partial charge in [0.1, 0.15) is 0 Å². The van der Waals surface area contributed by atoms with Crippen molar-refractivity contribution in [3.8, 4) is 0 Å². The zero-order valence-corrected chi connectivity index (χ0v) is 9.02. The quantitative estimate of drug-likeness (QED) is 0.801. The second kappa shape index (κ2) is 4.49. The first-order valence-corrected chi connectivity index (χ1v) is 4.63. The summed E-state index contributed by atoms with van der Waals surface area (Å²) in [6, 6.07) is 5.94. The van der Waals surface area contributed by atoms with Gasteiger partial charge in [-0.1, -0.05) is 11.6 Å². The third kappa shape index (κ3) is 2.61. The first-order chi connectivity index (χ1) is 6.15. The zero-order chi connectivity index (χ0) is 9.84. The summed E-state index contributed by atoms with van der Waals surface area (Å²) < 4.78 is 0. The maximum absolute atomic E-state index is 5.91. The maximum atomic E-state index is 5.91. The van der Waals surface area contributed by atoms with Crippen LogP contribution in [0.1, 0.15) is 5.56 Å². The molecule has 72 valence electrons. The Labute approximate surface area is 84.5 Å². The fourth-order valence-corrected chi connectivity index (χ4v) is 1.52. The van der Waals surface area contributed by atoms with Crippen LogP contribution in [-0.2, 0) is 6.54 Å². The van der Waals surface area contributed by atoms with Crippen molar-refractivity contribution in [3.63, 3.8) is 0 Å². The lowest BCUT2D eigenvalue weighted by molar-refractivity contribution is 0.814. The average molecular weight is 199 g/mol. The number of nitrogens with one attached hydrogen (secondary N) is 1. The highest BCUT2D eigenvalue weighted by Gasteiger charge is 2.03. The van der Waals surface area contributed by atoms with Gasteiger partial charge in [0.05, 0.1) is 0 Å². The van der Waals surface area contributed by atoms with Gasteiger partial charge in [-0.2, -0.15) is 0 Å². The molecule has 0 atom stereocenters. The van der Waals surface area contributed by atoms with Gasteiger partial charge in [-0.3, -0.25) is 0 Å². The van der Waals surface area contributed by atoms with Gasteiger partial charge >= 0.3 is 0 Å². The third-order valence-corrected chi connectivity index (χ3v) is 2.13. The molecular formula is C10H15ClN2. The molecule has 0 saturated carbocycles. The maximum Gasteiger partial charge on any atom is 0.0410 e. The summed E-state index contributed by atoms with van der Waals surface area (Å²) in [6.45, 7) is 0.841. The molecule has 0 bridgehead atoms. The molecule has 0 aromatic heterocycles. The van der Waals surface area contributed by atoms with Crippen LogP contribution in [0.3, 0.4) is 0 Å². The van der Waals surface area contributed by atoms with Crippen molar-refractivity contribution >= 4 is 17.3 Å². The van der Waals surface area contributed by atoms with Crippen LogP contribution in [0.5, 0.6) is 0 Å². The van der Waals surface area contributed by atoms with Crippen LogP contribution in [0.2, 0.25) is 5.02 Å². The molecular weight excluding hydrogens is 184 g/mol. The van der Waals surface area contributed by atoms with Crippen LogP contribution in [0, 0.1) is 0 Å². The Hall–Kier alpha value is -0.730. The van der Waals surface area contributed by atoms with Crippen LogP contribution < -0.4 is 10.2 Å². The third-order valence-electron chi connectivity index (χ3n) is 1.89. The number of hydrogen-bond donors (Lipinski definition) is 1. The van der Waals surface area contributed by atoms with E-state index in [4.69, 9.17) is 11.6 Å². The number of anilines is 1. The van der Waals surface area contributed by atoms with Crippen LogP contribution in [0.15, 0.2) is 18.2 Å². The monoisotopic (exact) mass is 198 g/mol. The molecule has 1 N–H and O–H groups in total. The standard InChI is InChI=1S/C10H15ClN2/c1-12-7-8-6-9(11)4-5-10(8)13(2)3/h4-6,12H,7H2,1-3H3. The Morgan fingerprint density at radius 1 is 1.38 bits per heavy atom. The highest BCUT2D eigenvalue weighted by Crippen LogP contribution is 2.22. The molecule has 0 aliphatic rings. The topological polar surface area (TPSA) is 15.3 Å². The summed E-state index contributed by atoms with van der Waals surface area (Å²) in [5.74, 6) is 0. The van der Waals surface area contributed by atoms with E-state index in [1.807, 2.05) is 39.3 Å². The van der Waals surface area contributed by atoms with E-state index in [1.54, 1.807) is 0 Å². The Morgan fingerprint density at radius 3 is 2.62 bits per heavy atom. The lowest BCUT2D eigenvalue weighted by atomic mass is 10.1. The molecule has 0 amide bonds. The Bertz CT molecular complexity index is 284. The van der Waals surface area contributed by atoms with Crippen molar-refractivity contribution in [1.29, 1.82) is 0 Å². The Morgan fingerprint density at radius 2 is 2.08 bits per heavy atom. The van der Waals surface area contributed by atoms with Gasteiger partial charge in [0.25, 0.3) is 0 Å². The number of halogens is 1. The first-order valence-electron chi connectivity index (χ1n) is 4.25. The highest BCUT2D eigenvalue weighted by atomic mass is 35.5. The van der Waals surface area contributed by atoms with Crippen LogP contribution in [0.4, 0.5) is 5.69 Å². The summed E-state index contributed by atoms with van der Waals surface area (Å²) in [4.78, 5) is 2.09. The van der Waals surface area contributed by atoms with E-state index >= 15 is 0 Å². The minimum atomic E-state index is 0.788. The minimum absolute atomic E-state index is 0.788. The lowest BCUT2D eigenvalue weighted by Gasteiger charge is -2.17. The van der Waals surface area contributed by atoms with Crippen molar-refractivity contribution in [1.82, 2.24) is 5.32 Å². The molecule has 0 fully saturated rings. The molecule has 0 aliphatic carbocycles. The second-order valence-corrected chi connectivity index (χ2v) is 3.63. The average Bonchev–Trinajstić information content (AvgIpc) is 2.04. The van der Waals surface area contributed by atoms with Crippen molar-refractivity contribution in [3.05, 3.63) is 28.8 Å². The molecule has 1 rings (SSSR count). The van der Waals surface area contributed by atoms with Gasteiger partial charge in [0, 0.05) is 31.4 Å². The van der Waals surface area contributed by atoms with Crippen molar-refractivity contribution < 1.29 is 0 Å². The number of nitrogens with zero attached hydrogens (tertiary/aromatic N) is 1. The fraction of sp³-hybridized carbons (Fsp3) is 0.400. The molecule has 13 heavy (non-hydrogen) atoms. The summed E-state index contributed by atoms with van der Waals surface area (Å²) in [5, 5.41) is 3.91. The molecule has 0 radical (unpaired) electrons. The zero-order valence-electron chi connectivity index (χ0n) is 8.26. The lowest BCUT2D eigenvalue weighted by Crippen LogP contribution is -2.14. The molecule has 3 heteroatoms. The van der Waals surface area contributed by atoms with Gasteiger partial charge in [0.2, 0.25) is 0 Å². The largest absolute Gasteiger partial charge is 0.377 e. The van der Waals surface area contributed by atoms with E-state index < -0.39 is 0 Å². The predicted octanol–water partition coefficient (Wildman–Crippen LogP) is 2.13. The van der Waals surface area contributed by atoms with E-state index in [0.717, 1.165) is 11.6 Å². The summed E-state index contributed by atoms with van der Waals surface area (Å²) in [7, 11) is 5.99. The fourth-order valence-electron chi connectivity index (χ4n) is 1.32. The smallest absolute Gasteiger partial charge is 0.0410 e. The van der Waals surface area contributed by atoms with Crippen LogP contribution >= 0.6 is 11.6 Å². The van der Waals surface area contributed by atoms with Gasteiger partial charge in [-0.25, -0.2) is 0 Å². The summed E-state index contributed by atoms with van der Waals surface area (Å²) >= 11 is 5.91. The number of hydrogen-bond acceptors (Lipinski definition) is 2. The first kappa shape index (κ1) is 10.4. The van der Waals surface area contributed by atoms with E-state index in [9.17, 15) is 0 Å². The highest BCUT2D eigenvalue weighted by molar-refractivity contribution is 6.30. The molecule has 1 aromatic carbocycles. The molecule has 0 spiro atoms. The van der Waals surface area contributed by atoms with Crippen LogP contribution in [-0.4, -0.2) is 21.1 Å². The van der Waals surface area contributed by atoms with Gasteiger partial charge in [0.15, 0.2) is 0 Å². The Balaban J connectivity index is 3.03. The van der Waals surface area contributed by atoms with Gasteiger partial charge < -0.3 is 10.2 Å². The van der Waals surface area contributed by atoms with Gasteiger partial charge in [-0.05, 0) is 30.8 Å². The molecule has 2 nitrogen and oxygen atoms in total. The molecule has 0 unspecified atom stereocenters. The predicted molar refractivity (Wildman–Crippen MR) is 58.5 cm³/mol. The van der Waals surface area contributed by atoms with Crippen molar-refractivity contribution in [2.45, 2.75) is 6.54 Å². The van der Waals surface area contributed by atoms with E-state index in [-0.39, 0.29) is 0 Å². The number of benzene rings is 1. The van der Waals surface area contributed by atoms with Crippen LogP contribution in [0.25, 0.3) is 0 Å². The molecule has 0 heterocycles. The second-order valence-electron chi connectivity index (χ2n) is 3.20.